The van der Waals surface area contributed by atoms with Crippen molar-refractivity contribution in [1.29, 1.82) is 0 Å². The van der Waals surface area contributed by atoms with Crippen LogP contribution in [0, 0.1) is 11.8 Å². The van der Waals surface area contributed by atoms with E-state index in [4.69, 9.17) is 11.6 Å². The average Bonchev–Trinajstić information content (AvgIpc) is 3.43. The second-order valence-electron chi connectivity index (χ2n) is 9.06. The van der Waals surface area contributed by atoms with Gasteiger partial charge < -0.3 is 25.1 Å². The van der Waals surface area contributed by atoms with E-state index >= 15 is 0 Å². The van der Waals surface area contributed by atoms with Crippen LogP contribution in [0.2, 0.25) is 0 Å². The van der Waals surface area contributed by atoms with Crippen LogP contribution in [0.15, 0.2) is 45.1 Å². The van der Waals surface area contributed by atoms with Gasteiger partial charge in [0.05, 0.1) is 29.8 Å². The van der Waals surface area contributed by atoms with Gasteiger partial charge in [-0.1, -0.05) is 24.8 Å². The van der Waals surface area contributed by atoms with Crippen molar-refractivity contribution in [3.05, 3.63) is 45.1 Å². The molecule has 0 aliphatic carbocycles. The highest BCUT2D eigenvalue weighted by Crippen LogP contribution is 2.52. The molecule has 32 heavy (non-hydrogen) atoms. The molecule has 5 aliphatic heterocycles. The lowest BCUT2D eigenvalue weighted by atomic mass is 9.79. The van der Waals surface area contributed by atoms with Gasteiger partial charge >= 0.3 is 0 Å². The lowest BCUT2D eigenvalue weighted by Crippen LogP contribution is -2.63. The van der Waals surface area contributed by atoms with E-state index in [1.54, 1.807) is 30.4 Å². The molecule has 0 radical (unpaired) electrons. The number of carbonyl (C=O) groups is 2. The quantitative estimate of drug-likeness (QED) is 0.431. The molecule has 0 aromatic carbocycles. The molecule has 1 amide bonds. The Morgan fingerprint density at radius 2 is 2.22 bits per heavy atom. The number of hydrogen-bond donors (Lipinski definition) is 2. The molecule has 2 saturated heterocycles. The van der Waals surface area contributed by atoms with Crippen molar-refractivity contribution in [2.45, 2.75) is 43.7 Å². The normalized spacial score (nSPS) is 34.8. The maximum atomic E-state index is 12.6. The molecule has 6 atom stereocenters. The van der Waals surface area contributed by atoms with E-state index in [1.807, 2.05) is 6.92 Å². The van der Waals surface area contributed by atoms with E-state index in [0.29, 0.717) is 5.70 Å². The maximum absolute atomic E-state index is 12.6. The van der Waals surface area contributed by atoms with E-state index in [0.717, 1.165) is 24.5 Å². The largest absolute Gasteiger partial charge is 0.393 e. The summed E-state index contributed by atoms with van der Waals surface area (Å²) >= 11 is 9.34. The first-order valence-corrected chi connectivity index (χ1v) is 12.9. The fraction of sp³-hybridized carbons (Fsp3) is 0.545. The number of aliphatic hydroxyl groups excluding tert-OH is 1. The predicted octanol–water partition coefficient (Wildman–Crippen LogP) is 2.43. The Morgan fingerprint density at radius 3 is 2.91 bits per heavy atom. The molecule has 172 valence electrons. The van der Waals surface area contributed by atoms with Crippen molar-refractivity contribution >= 4 is 46.3 Å². The van der Waals surface area contributed by atoms with Gasteiger partial charge in [0.25, 0.3) is 5.24 Å². The number of rotatable bonds is 6. The number of thioether (sulfide) groups is 2. The minimum atomic E-state index is -0.736. The van der Waals surface area contributed by atoms with Gasteiger partial charge in [0.1, 0.15) is 5.70 Å². The molecule has 2 fully saturated rings. The number of hydrogen-bond acceptors (Lipinski definition) is 8. The van der Waals surface area contributed by atoms with Gasteiger partial charge in [0, 0.05) is 53.0 Å². The average molecular weight is 495 g/mol. The van der Waals surface area contributed by atoms with E-state index < -0.39 is 17.3 Å². The summed E-state index contributed by atoms with van der Waals surface area (Å²) in [5, 5.41) is 14.5. The van der Waals surface area contributed by atoms with Crippen LogP contribution in [0.1, 0.15) is 20.3 Å². The molecular weight excluding hydrogens is 468 g/mol. The standard InChI is InChI=1S/C22H27ClN4O3S2/c1-11-18-17(12(2)28)22(30)27(18)19(21(23)29)20(11)32-15-6-13(24-7-15)4-5-14-8-26-10-25(3)9-16(26)31-14/h4-5,8-9,11-13,15,17-18,24,28H,6-7,10H2,1-3H3/b5-4-/t11-,12-,13-,15+,17-,18-/m1/s1. The minimum absolute atomic E-state index is 0.00972. The van der Waals surface area contributed by atoms with Crippen LogP contribution in [-0.2, 0) is 9.59 Å². The summed E-state index contributed by atoms with van der Waals surface area (Å²) in [6.07, 6.45) is 8.93. The number of nitrogens with one attached hydrogen (secondary N) is 1. The molecular formula is C22H27ClN4O3S2. The molecule has 2 N–H and O–H groups in total. The number of aliphatic hydroxyl groups is 1. The van der Waals surface area contributed by atoms with Crippen LogP contribution in [-0.4, -0.2) is 74.7 Å². The topological polar surface area (TPSA) is 76.1 Å². The van der Waals surface area contributed by atoms with Gasteiger partial charge in [-0.3, -0.25) is 9.59 Å². The highest BCUT2D eigenvalue weighted by molar-refractivity contribution is 8.07. The first-order chi connectivity index (χ1) is 15.2. The number of nitrogens with zero attached hydrogens (tertiary/aromatic N) is 3. The Hall–Kier alpha value is -1.39. The fourth-order valence-electron chi connectivity index (χ4n) is 5.20. The van der Waals surface area contributed by atoms with Gasteiger partial charge in [-0.05, 0) is 31.0 Å². The number of amides is 1. The van der Waals surface area contributed by atoms with E-state index in [2.05, 4.69) is 46.7 Å². The molecule has 0 unspecified atom stereocenters. The first kappa shape index (κ1) is 22.4. The van der Waals surface area contributed by atoms with E-state index in [1.165, 1.54) is 14.8 Å². The highest BCUT2D eigenvalue weighted by Gasteiger charge is 2.59. The summed E-state index contributed by atoms with van der Waals surface area (Å²) in [5.41, 5.74) is 0.321. The summed E-state index contributed by atoms with van der Waals surface area (Å²) < 4.78 is 0. The minimum Gasteiger partial charge on any atom is -0.393 e. The Bertz CT molecular complexity index is 978. The molecule has 5 heterocycles. The Labute approximate surface area is 201 Å². The van der Waals surface area contributed by atoms with Crippen LogP contribution < -0.4 is 5.32 Å². The molecule has 0 spiro atoms. The third-order valence-electron chi connectivity index (χ3n) is 6.70. The maximum Gasteiger partial charge on any atom is 0.269 e. The first-order valence-electron chi connectivity index (χ1n) is 10.9. The fourth-order valence-corrected chi connectivity index (χ4v) is 7.98. The van der Waals surface area contributed by atoms with Crippen molar-refractivity contribution in [3.8, 4) is 0 Å². The van der Waals surface area contributed by atoms with Gasteiger partial charge in [-0.2, -0.15) is 0 Å². The smallest absolute Gasteiger partial charge is 0.269 e. The van der Waals surface area contributed by atoms with Crippen LogP contribution in [0.5, 0.6) is 0 Å². The summed E-state index contributed by atoms with van der Waals surface area (Å²) in [7, 11) is 2.07. The molecule has 0 bridgehead atoms. The molecule has 5 rings (SSSR count). The van der Waals surface area contributed by atoms with Crippen LogP contribution >= 0.6 is 35.1 Å². The van der Waals surface area contributed by atoms with Gasteiger partial charge in [0.15, 0.2) is 0 Å². The van der Waals surface area contributed by atoms with Gasteiger partial charge in [0.2, 0.25) is 5.91 Å². The highest BCUT2D eigenvalue weighted by atomic mass is 35.5. The van der Waals surface area contributed by atoms with Crippen molar-refractivity contribution in [2.24, 2.45) is 11.8 Å². The van der Waals surface area contributed by atoms with Gasteiger partial charge in [-0.25, -0.2) is 0 Å². The van der Waals surface area contributed by atoms with Crippen LogP contribution in [0.25, 0.3) is 0 Å². The number of halogens is 1. The summed E-state index contributed by atoms with van der Waals surface area (Å²) in [6, 6.07) is 0.0827. The summed E-state index contributed by atoms with van der Waals surface area (Å²) in [5.74, 6) is -0.677. The second-order valence-corrected chi connectivity index (χ2v) is 11.8. The van der Waals surface area contributed by atoms with Crippen molar-refractivity contribution in [2.75, 3.05) is 20.3 Å². The Balaban J connectivity index is 1.23. The Morgan fingerprint density at radius 1 is 1.44 bits per heavy atom. The predicted molar refractivity (Wildman–Crippen MR) is 128 cm³/mol. The molecule has 10 heteroatoms. The molecule has 0 aromatic rings. The third-order valence-corrected chi connectivity index (χ3v) is 9.42. The number of fused-ring (bicyclic) bond motifs is 2. The SMILES string of the molecule is C[C@@H](O)[C@H]1C(=O)N2C(C(=O)Cl)=C(S[C@@H]3CN[C@H](/C=C\C4=CN5CN(C)C=C5S4)C3)[C@H](C)[C@H]12. The molecule has 0 saturated carbocycles. The lowest BCUT2D eigenvalue weighted by molar-refractivity contribution is -0.160. The lowest BCUT2D eigenvalue weighted by Gasteiger charge is -2.46. The molecule has 5 aliphatic rings. The summed E-state index contributed by atoms with van der Waals surface area (Å²) in [4.78, 5) is 32.8. The second kappa shape index (κ2) is 8.43. The van der Waals surface area contributed by atoms with Crippen LogP contribution in [0.4, 0.5) is 0 Å². The number of β-lactam (4-membered cyclic amide) rings is 1. The number of carbonyl (C=O) groups excluding carboxylic acids is 2. The van der Waals surface area contributed by atoms with Crippen LogP contribution in [0.3, 0.4) is 0 Å². The summed E-state index contributed by atoms with van der Waals surface area (Å²) in [6.45, 7) is 5.38. The van der Waals surface area contributed by atoms with Crippen molar-refractivity contribution in [3.63, 3.8) is 0 Å². The van der Waals surface area contributed by atoms with Crippen molar-refractivity contribution in [1.82, 2.24) is 20.0 Å². The molecule has 7 nitrogen and oxygen atoms in total. The molecule has 0 aromatic heterocycles. The zero-order chi connectivity index (χ0) is 22.7. The van der Waals surface area contributed by atoms with E-state index in [-0.39, 0.29) is 29.2 Å². The monoisotopic (exact) mass is 494 g/mol. The third kappa shape index (κ3) is 3.72. The zero-order valence-electron chi connectivity index (χ0n) is 18.2. The zero-order valence-corrected chi connectivity index (χ0v) is 20.6. The van der Waals surface area contributed by atoms with E-state index in [9.17, 15) is 14.7 Å². The Kier molecular flexibility index (Phi) is 5.90. The number of allylic oxidation sites excluding steroid dienone is 2. The van der Waals surface area contributed by atoms with Gasteiger partial charge in [-0.15, -0.1) is 11.8 Å². The van der Waals surface area contributed by atoms with Crippen molar-refractivity contribution < 1.29 is 14.7 Å².